The average Bonchev–Trinajstić information content (AvgIpc) is 3.43. The molecule has 9 heteroatoms. The highest BCUT2D eigenvalue weighted by Gasteiger charge is 2.34. The van der Waals surface area contributed by atoms with Crippen LogP contribution in [0.25, 0.3) is 11.5 Å². The van der Waals surface area contributed by atoms with Gasteiger partial charge in [-0.1, -0.05) is 23.9 Å². The summed E-state index contributed by atoms with van der Waals surface area (Å²) >= 11 is 1.29. The Morgan fingerprint density at radius 2 is 1.71 bits per heavy atom. The normalized spacial score (nSPS) is 14.6. The Bertz CT molecular complexity index is 1060. The van der Waals surface area contributed by atoms with Crippen LogP contribution in [0.5, 0.6) is 11.5 Å². The van der Waals surface area contributed by atoms with E-state index >= 15 is 0 Å². The van der Waals surface area contributed by atoms with Crippen molar-refractivity contribution in [2.45, 2.75) is 5.22 Å². The highest BCUT2D eigenvalue weighted by atomic mass is 32.2. The monoisotopic (exact) mass is 395 g/mol. The Labute approximate surface area is 163 Å². The van der Waals surface area contributed by atoms with Gasteiger partial charge in [0.1, 0.15) is 0 Å². The molecular weight excluding hydrogens is 382 g/mol. The number of ether oxygens (including phenoxy) is 2. The first-order valence-corrected chi connectivity index (χ1v) is 9.51. The van der Waals surface area contributed by atoms with Crippen molar-refractivity contribution < 1.29 is 23.5 Å². The lowest BCUT2D eigenvalue weighted by molar-refractivity contribution is 0.0664. The number of hydrogen-bond acceptors (Lipinski definition) is 8. The fourth-order valence-electron chi connectivity index (χ4n) is 3.08. The van der Waals surface area contributed by atoms with Crippen molar-refractivity contribution >= 4 is 23.6 Å². The second-order valence-corrected chi connectivity index (χ2v) is 7.14. The molecule has 0 spiro atoms. The average molecular weight is 395 g/mol. The quantitative estimate of drug-likeness (QED) is 0.481. The fourth-order valence-corrected chi connectivity index (χ4v) is 3.77. The number of aromatic nitrogens is 2. The summed E-state index contributed by atoms with van der Waals surface area (Å²) in [7, 11) is 0. The zero-order valence-corrected chi connectivity index (χ0v) is 15.3. The predicted molar refractivity (Wildman–Crippen MR) is 98.4 cm³/mol. The highest BCUT2D eigenvalue weighted by Crippen LogP contribution is 2.36. The summed E-state index contributed by atoms with van der Waals surface area (Å²) in [5.41, 5.74) is 1.62. The van der Waals surface area contributed by atoms with E-state index in [0.717, 1.165) is 5.56 Å². The molecule has 5 rings (SSSR count). The molecule has 1 aromatic heterocycles. The second-order valence-electron chi connectivity index (χ2n) is 6.10. The number of carbonyl (C=O) groups is 2. The van der Waals surface area contributed by atoms with E-state index in [1.165, 1.54) is 16.7 Å². The van der Waals surface area contributed by atoms with E-state index in [1.54, 1.807) is 36.4 Å². The summed E-state index contributed by atoms with van der Waals surface area (Å²) in [6.45, 7) is 0.459. The molecule has 2 aliphatic rings. The lowest BCUT2D eigenvalue weighted by Gasteiger charge is -2.12. The second kappa shape index (κ2) is 6.68. The SMILES string of the molecule is O=C1c2ccccc2C(=O)N1CCSc1nnc(-c2ccc3c(c2)OCO3)o1. The molecule has 0 bridgehead atoms. The molecule has 28 heavy (non-hydrogen) atoms. The standard InChI is InChI=1S/C19H13N3O5S/c23-17-12-3-1-2-4-13(12)18(24)22(17)7-8-28-19-21-20-16(27-19)11-5-6-14-15(9-11)26-10-25-14/h1-6,9H,7-8,10H2. The number of fused-ring (bicyclic) bond motifs is 2. The van der Waals surface area contributed by atoms with Crippen LogP contribution in [-0.2, 0) is 0 Å². The Hall–Kier alpha value is -3.33. The molecule has 2 aliphatic heterocycles. The summed E-state index contributed by atoms with van der Waals surface area (Å²) < 4.78 is 16.3. The van der Waals surface area contributed by atoms with Crippen LogP contribution in [0.3, 0.4) is 0 Å². The molecule has 0 fully saturated rings. The van der Waals surface area contributed by atoms with E-state index in [4.69, 9.17) is 13.9 Å². The van der Waals surface area contributed by atoms with Gasteiger partial charge >= 0.3 is 0 Å². The molecule has 0 N–H and O–H groups in total. The Morgan fingerprint density at radius 3 is 2.50 bits per heavy atom. The maximum absolute atomic E-state index is 12.4. The molecule has 2 amide bonds. The third-order valence-electron chi connectivity index (χ3n) is 4.44. The van der Waals surface area contributed by atoms with Crippen LogP contribution in [0.1, 0.15) is 20.7 Å². The molecule has 8 nitrogen and oxygen atoms in total. The van der Waals surface area contributed by atoms with Gasteiger partial charge in [0.25, 0.3) is 17.0 Å². The maximum atomic E-state index is 12.4. The lowest BCUT2D eigenvalue weighted by Crippen LogP contribution is -2.31. The minimum atomic E-state index is -0.271. The smallest absolute Gasteiger partial charge is 0.276 e. The number of benzene rings is 2. The Kier molecular flexibility index (Phi) is 4.01. The summed E-state index contributed by atoms with van der Waals surface area (Å²) in [4.78, 5) is 26.0. The van der Waals surface area contributed by atoms with Crippen molar-refractivity contribution in [2.24, 2.45) is 0 Å². The van der Waals surface area contributed by atoms with Crippen molar-refractivity contribution in [1.82, 2.24) is 15.1 Å². The zero-order chi connectivity index (χ0) is 19.1. The lowest BCUT2D eigenvalue weighted by atomic mass is 10.1. The van der Waals surface area contributed by atoms with Gasteiger partial charge in [-0.05, 0) is 30.3 Å². The Morgan fingerprint density at radius 1 is 0.964 bits per heavy atom. The fraction of sp³-hybridized carbons (Fsp3) is 0.158. The molecule has 140 valence electrons. The first kappa shape index (κ1) is 16.8. The number of nitrogens with zero attached hydrogens (tertiary/aromatic N) is 3. The first-order valence-electron chi connectivity index (χ1n) is 8.52. The van der Waals surface area contributed by atoms with Gasteiger partial charge in [0.15, 0.2) is 11.5 Å². The molecule has 0 atom stereocenters. The van der Waals surface area contributed by atoms with Crippen molar-refractivity contribution in [1.29, 1.82) is 0 Å². The molecule has 0 saturated heterocycles. The van der Waals surface area contributed by atoms with E-state index in [9.17, 15) is 9.59 Å². The topological polar surface area (TPSA) is 94.8 Å². The van der Waals surface area contributed by atoms with Gasteiger partial charge in [0.2, 0.25) is 12.7 Å². The molecular formula is C19H13N3O5S. The van der Waals surface area contributed by atoms with Crippen LogP contribution in [0, 0.1) is 0 Å². The van der Waals surface area contributed by atoms with Gasteiger partial charge in [0, 0.05) is 17.9 Å². The van der Waals surface area contributed by atoms with Crippen molar-refractivity contribution in [3.63, 3.8) is 0 Å². The predicted octanol–water partition coefficient (Wildman–Crippen LogP) is 2.85. The van der Waals surface area contributed by atoms with Gasteiger partial charge in [0.05, 0.1) is 11.1 Å². The van der Waals surface area contributed by atoms with Gasteiger partial charge < -0.3 is 13.9 Å². The Balaban J connectivity index is 1.23. The van der Waals surface area contributed by atoms with Gasteiger partial charge in [-0.2, -0.15) is 0 Å². The van der Waals surface area contributed by atoms with Crippen molar-refractivity contribution in [3.05, 3.63) is 53.6 Å². The van der Waals surface area contributed by atoms with Crippen LogP contribution >= 0.6 is 11.8 Å². The highest BCUT2D eigenvalue weighted by molar-refractivity contribution is 7.99. The maximum Gasteiger partial charge on any atom is 0.276 e. The van der Waals surface area contributed by atoms with E-state index in [-0.39, 0.29) is 25.2 Å². The number of imide groups is 1. The third-order valence-corrected chi connectivity index (χ3v) is 5.24. The molecule has 0 radical (unpaired) electrons. The van der Waals surface area contributed by atoms with Crippen LogP contribution in [0.15, 0.2) is 52.1 Å². The van der Waals surface area contributed by atoms with Crippen LogP contribution in [0.4, 0.5) is 0 Å². The van der Waals surface area contributed by atoms with Crippen molar-refractivity contribution in [3.8, 4) is 23.0 Å². The van der Waals surface area contributed by atoms with E-state index in [0.29, 0.717) is 39.5 Å². The molecule has 0 saturated carbocycles. The number of carbonyl (C=O) groups excluding carboxylic acids is 2. The summed E-state index contributed by atoms with van der Waals surface area (Å²) in [6, 6.07) is 12.2. The number of hydrogen-bond donors (Lipinski definition) is 0. The van der Waals surface area contributed by atoms with E-state index in [2.05, 4.69) is 10.2 Å². The molecule has 0 aliphatic carbocycles. The molecule has 3 aromatic rings. The van der Waals surface area contributed by atoms with Gasteiger partial charge in [-0.25, -0.2) is 0 Å². The first-order chi connectivity index (χ1) is 13.7. The molecule has 3 heterocycles. The van der Waals surface area contributed by atoms with Crippen LogP contribution in [-0.4, -0.2) is 46.0 Å². The molecule has 2 aromatic carbocycles. The number of thioether (sulfide) groups is 1. The van der Waals surface area contributed by atoms with E-state index < -0.39 is 0 Å². The summed E-state index contributed by atoms with van der Waals surface area (Å²) in [6.07, 6.45) is 0. The minimum absolute atomic E-state index is 0.196. The van der Waals surface area contributed by atoms with Crippen LogP contribution < -0.4 is 9.47 Å². The summed E-state index contributed by atoms with van der Waals surface area (Å²) in [5, 5.41) is 8.42. The summed E-state index contributed by atoms with van der Waals surface area (Å²) in [5.74, 6) is 1.59. The zero-order valence-electron chi connectivity index (χ0n) is 14.5. The molecule has 0 unspecified atom stereocenters. The van der Waals surface area contributed by atoms with E-state index in [1.807, 2.05) is 6.07 Å². The van der Waals surface area contributed by atoms with Crippen molar-refractivity contribution in [2.75, 3.05) is 19.1 Å². The number of rotatable bonds is 5. The van der Waals surface area contributed by atoms with Gasteiger partial charge in [-0.3, -0.25) is 14.5 Å². The largest absolute Gasteiger partial charge is 0.454 e. The van der Waals surface area contributed by atoms with Crippen LogP contribution in [0.2, 0.25) is 0 Å². The number of amides is 2. The van der Waals surface area contributed by atoms with Gasteiger partial charge in [-0.15, -0.1) is 10.2 Å². The third kappa shape index (κ3) is 2.80. The minimum Gasteiger partial charge on any atom is -0.454 e.